The van der Waals surface area contributed by atoms with E-state index in [4.69, 9.17) is 9.47 Å². The molecule has 2 aromatic rings. The molecule has 0 aliphatic carbocycles. The van der Waals surface area contributed by atoms with E-state index in [-0.39, 0.29) is 12.4 Å². The largest absolute Gasteiger partial charge is 0.375 e. The molecule has 0 fully saturated rings. The van der Waals surface area contributed by atoms with Crippen molar-refractivity contribution in [1.29, 1.82) is 0 Å². The first-order valence-corrected chi connectivity index (χ1v) is 8.85. The lowest BCUT2D eigenvalue weighted by molar-refractivity contribution is 0.0506. The van der Waals surface area contributed by atoms with Gasteiger partial charge in [-0.25, -0.2) is 0 Å². The maximum atomic E-state index is 5.53. The molecular formula is C21H29ClN2O2. The molecule has 0 amide bonds. The topological polar surface area (TPSA) is 33.7 Å². The minimum Gasteiger partial charge on any atom is -0.375 e. The Bertz CT molecular complexity index is 693. The zero-order valence-electron chi connectivity index (χ0n) is 15.8. The van der Waals surface area contributed by atoms with Crippen molar-refractivity contribution in [2.24, 2.45) is 0 Å². The Morgan fingerprint density at radius 1 is 0.846 bits per heavy atom. The molecule has 0 radical (unpaired) electrons. The maximum Gasteiger partial charge on any atom is 0.0721 e. The van der Waals surface area contributed by atoms with Crippen molar-refractivity contribution >= 4 is 12.4 Å². The number of hydrogen-bond donors (Lipinski definition) is 1. The highest BCUT2D eigenvalue weighted by atomic mass is 35.5. The van der Waals surface area contributed by atoms with E-state index in [0.29, 0.717) is 12.1 Å². The second-order valence-electron chi connectivity index (χ2n) is 6.75. The Morgan fingerprint density at radius 3 is 2.00 bits per heavy atom. The van der Waals surface area contributed by atoms with Gasteiger partial charge in [-0.15, -0.1) is 12.4 Å². The van der Waals surface area contributed by atoms with Gasteiger partial charge in [-0.3, -0.25) is 0 Å². The van der Waals surface area contributed by atoms with Crippen LogP contribution in [0.15, 0.2) is 48.5 Å². The molecule has 2 aromatic carbocycles. The van der Waals surface area contributed by atoms with Gasteiger partial charge in [-0.2, -0.15) is 0 Å². The fraction of sp³-hybridized carbons (Fsp3) is 0.429. The van der Waals surface area contributed by atoms with Crippen LogP contribution in [0.25, 0.3) is 0 Å². The summed E-state index contributed by atoms with van der Waals surface area (Å²) in [5.74, 6) is 0. The number of fused-ring (bicyclic) bond motifs is 2. The fourth-order valence-electron chi connectivity index (χ4n) is 3.41. The van der Waals surface area contributed by atoms with Gasteiger partial charge in [-0.1, -0.05) is 48.5 Å². The quantitative estimate of drug-likeness (QED) is 0.866. The van der Waals surface area contributed by atoms with E-state index >= 15 is 0 Å². The molecule has 142 valence electrons. The molecule has 2 atom stereocenters. The van der Waals surface area contributed by atoms with E-state index < -0.39 is 0 Å². The van der Waals surface area contributed by atoms with Crippen LogP contribution >= 0.6 is 12.4 Å². The van der Waals surface area contributed by atoms with Crippen LogP contribution in [0.1, 0.15) is 34.3 Å². The van der Waals surface area contributed by atoms with Crippen molar-refractivity contribution < 1.29 is 9.47 Å². The van der Waals surface area contributed by atoms with Crippen LogP contribution in [0, 0.1) is 0 Å². The summed E-state index contributed by atoms with van der Waals surface area (Å²) in [6.07, 6.45) is 0. The Labute approximate surface area is 162 Å². The van der Waals surface area contributed by atoms with Crippen molar-refractivity contribution in [3.63, 3.8) is 0 Å². The van der Waals surface area contributed by atoms with Crippen molar-refractivity contribution in [2.45, 2.75) is 25.3 Å². The smallest absolute Gasteiger partial charge is 0.0721 e. The average Bonchev–Trinajstić information content (AvgIpc) is 2.67. The molecule has 1 N–H and O–H groups in total. The van der Waals surface area contributed by atoms with Crippen LogP contribution in [0.5, 0.6) is 0 Å². The predicted octanol–water partition coefficient (Wildman–Crippen LogP) is 3.72. The van der Waals surface area contributed by atoms with Gasteiger partial charge in [0.1, 0.15) is 0 Å². The molecule has 0 saturated carbocycles. The van der Waals surface area contributed by atoms with E-state index in [1.54, 1.807) is 0 Å². The zero-order chi connectivity index (χ0) is 17.6. The molecule has 2 aliphatic rings. The van der Waals surface area contributed by atoms with Gasteiger partial charge >= 0.3 is 0 Å². The number of benzene rings is 2. The summed E-state index contributed by atoms with van der Waals surface area (Å²) in [7, 11) is 6.16. The predicted molar refractivity (Wildman–Crippen MR) is 108 cm³/mol. The lowest BCUT2D eigenvalue weighted by Crippen LogP contribution is -2.28. The monoisotopic (exact) mass is 376 g/mol. The Balaban J connectivity index is 0.000000180. The normalized spacial score (nSPS) is 20.9. The molecular weight excluding hydrogens is 348 g/mol. The van der Waals surface area contributed by atoms with E-state index in [2.05, 4.69) is 72.8 Å². The Morgan fingerprint density at radius 2 is 1.38 bits per heavy atom. The van der Waals surface area contributed by atoms with Gasteiger partial charge in [0.2, 0.25) is 0 Å². The molecule has 2 heterocycles. The zero-order valence-corrected chi connectivity index (χ0v) is 16.6. The highest BCUT2D eigenvalue weighted by Gasteiger charge is 2.21. The summed E-state index contributed by atoms with van der Waals surface area (Å²) in [6, 6.07) is 17.7. The summed E-state index contributed by atoms with van der Waals surface area (Å²) in [4.78, 5) is 2.21. The number of nitrogens with zero attached hydrogens (tertiary/aromatic N) is 1. The van der Waals surface area contributed by atoms with Crippen LogP contribution in [0.4, 0.5) is 0 Å². The van der Waals surface area contributed by atoms with Crippen LogP contribution in [-0.2, 0) is 22.7 Å². The van der Waals surface area contributed by atoms with E-state index in [1.165, 1.54) is 22.3 Å². The Hall–Kier alpha value is -1.43. The highest BCUT2D eigenvalue weighted by Crippen LogP contribution is 2.27. The number of halogens is 1. The first-order valence-electron chi connectivity index (χ1n) is 8.85. The molecule has 2 aliphatic heterocycles. The number of rotatable bonds is 2. The molecule has 0 saturated heterocycles. The summed E-state index contributed by atoms with van der Waals surface area (Å²) in [6.45, 7) is 3.12. The lowest BCUT2D eigenvalue weighted by Gasteiger charge is -2.30. The van der Waals surface area contributed by atoms with E-state index in [1.807, 2.05) is 7.05 Å². The summed E-state index contributed by atoms with van der Waals surface area (Å²) < 4.78 is 11.0. The third-order valence-corrected chi connectivity index (χ3v) is 4.89. The molecule has 4 rings (SSSR count). The minimum atomic E-state index is 0. The number of likely N-dealkylation sites (N-methyl/N-ethyl adjacent to an activating group) is 2. The third-order valence-electron chi connectivity index (χ3n) is 4.89. The van der Waals surface area contributed by atoms with Gasteiger partial charge in [0.15, 0.2) is 0 Å². The van der Waals surface area contributed by atoms with Gasteiger partial charge in [0, 0.05) is 0 Å². The summed E-state index contributed by atoms with van der Waals surface area (Å²) in [5.41, 5.74) is 5.43. The van der Waals surface area contributed by atoms with E-state index in [9.17, 15) is 0 Å². The molecule has 2 unspecified atom stereocenters. The van der Waals surface area contributed by atoms with Crippen LogP contribution < -0.4 is 5.32 Å². The molecule has 0 bridgehead atoms. The molecule has 0 spiro atoms. The lowest BCUT2D eigenvalue weighted by atomic mass is 9.98. The molecule has 5 heteroatoms. The first-order chi connectivity index (χ1) is 12.2. The first kappa shape index (κ1) is 20.9. The van der Waals surface area contributed by atoms with Crippen molar-refractivity contribution in [3.8, 4) is 0 Å². The van der Waals surface area contributed by atoms with Crippen LogP contribution in [-0.4, -0.2) is 39.3 Å². The number of ether oxygens (including phenoxy) is 2. The van der Waals surface area contributed by atoms with Crippen LogP contribution in [0.3, 0.4) is 0 Å². The van der Waals surface area contributed by atoms with Crippen molar-refractivity contribution in [3.05, 3.63) is 70.8 Å². The van der Waals surface area contributed by atoms with E-state index in [0.717, 1.165) is 26.4 Å². The Kier molecular flexibility index (Phi) is 8.07. The average molecular weight is 377 g/mol. The maximum absolute atomic E-state index is 5.53. The van der Waals surface area contributed by atoms with Gasteiger partial charge < -0.3 is 19.7 Å². The van der Waals surface area contributed by atoms with Crippen LogP contribution in [0.2, 0.25) is 0 Å². The summed E-state index contributed by atoms with van der Waals surface area (Å²) >= 11 is 0. The van der Waals surface area contributed by atoms with Crippen molar-refractivity contribution in [1.82, 2.24) is 10.2 Å². The molecule has 4 nitrogen and oxygen atoms in total. The number of hydrogen-bond acceptors (Lipinski definition) is 4. The standard InChI is InChI=1S/C11H15NO.C10H13NO.ClH/c1-12(2)11-8-13-7-9-5-3-4-6-10(9)11;1-11-10-7-12-6-8-4-2-3-5-9(8)10;/h3-6,11H,7-8H2,1-2H3;2-5,10-11H,6-7H2,1H3;1H. The second kappa shape index (κ2) is 10.0. The SMILES string of the molecule is CN(C)C1COCc2ccccc21.CNC1COCc2ccccc21.Cl. The third kappa shape index (κ3) is 4.84. The number of nitrogens with one attached hydrogen (secondary N) is 1. The van der Waals surface area contributed by atoms with Gasteiger partial charge in [0.05, 0.1) is 38.5 Å². The second-order valence-corrected chi connectivity index (χ2v) is 6.75. The van der Waals surface area contributed by atoms with Gasteiger partial charge in [0.25, 0.3) is 0 Å². The molecule has 26 heavy (non-hydrogen) atoms. The summed E-state index contributed by atoms with van der Waals surface area (Å²) in [5, 5.41) is 3.24. The molecule has 0 aromatic heterocycles. The minimum absolute atomic E-state index is 0. The van der Waals surface area contributed by atoms with Gasteiger partial charge in [-0.05, 0) is 43.4 Å². The fourth-order valence-corrected chi connectivity index (χ4v) is 3.41. The van der Waals surface area contributed by atoms with Crippen molar-refractivity contribution in [2.75, 3.05) is 34.4 Å². The highest BCUT2D eigenvalue weighted by molar-refractivity contribution is 5.85.